The Morgan fingerprint density at radius 2 is 1.57 bits per heavy atom. The molecule has 0 aliphatic carbocycles. The van der Waals surface area contributed by atoms with E-state index >= 15 is 0 Å². The van der Waals surface area contributed by atoms with Crippen LogP contribution >= 0.6 is 23.2 Å². The number of amides is 2. The van der Waals surface area contributed by atoms with Gasteiger partial charge in [0.15, 0.2) is 0 Å². The average Bonchev–Trinajstić information content (AvgIpc) is 3.28. The van der Waals surface area contributed by atoms with Crippen LogP contribution in [-0.4, -0.2) is 30.7 Å². The molecule has 2 amide bonds. The number of anilines is 2. The first kappa shape index (κ1) is 34.8. The first-order valence-corrected chi connectivity index (χ1v) is 13.9. The Labute approximate surface area is 246 Å². The van der Waals surface area contributed by atoms with Crippen LogP contribution in [0.25, 0.3) is 0 Å². The highest BCUT2D eigenvalue weighted by Crippen LogP contribution is 2.40. The van der Waals surface area contributed by atoms with E-state index in [4.69, 9.17) is 23.2 Å². The van der Waals surface area contributed by atoms with E-state index in [0.29, 0.717) is 40.5 Å². The van der Waals surface area contributed by atoms with E-state index in [1.807, 2.05) is 41.5 Å². The molecule has 1 aliphatic rings. The summed E-state index contributed by atoms with van der Waals surface area (Å²) in [5.41, 5.74) is 1.87. The van der Waals surface area contributed by atoms with Crippen molar-refractivity contribution in [3.63, 3.8) is 0 Å². The second kappa shape index (κ2) is 17.4. The minimum atomic E-state index is -0.484. The van der Waals surface area contributed by atoms with Gasteiger partial charge in [-0.25, -0.2) is 4.39 Å². The van der Waals surface area contributed by atoms with Gasteiger partial charge in [0, 0.05) is 40.0 Å². The zero-order valence-corrected chi connectivity index (χ0v) is 25.2. The molecule has 2 unspecified atom stereocenters. The number of carbonyl (C=O) groups excluding carboxylic acids is 3. The molecule has 3 N–H and O–H groups in total. The molecular formula is C31H38Cl2FN3O3. The van der Waals surface area contributed by atoms with Crippen LogP contribution in [0.5, 0.6) is 0 Å². The summed E-state index contributed by atoms with van der Waals surface area (Å²) in [7, 11) is 0. The summed E-state index contributed by atoms with van der Waals surface area (Å²) in [6, 6.07) is 18.5. The third-order valence-corrected chi connectivity index (χ3v) is 6.51. The van der Waals surface area contributed by atoms with Gasteiger partial charge in [-0.2, -0.15) is 0 Å². The van der Waals surface area contributed by atoms with E-state index in [1.54, 1.807) is 60.7 Å². The molecule has 4 rings (SSSR count). The van der Waals surface area contributed by atoms with Crippen molar-refractivity contribution in [3.05, 3.63) is 93.7 Å². The maximum absolute atomic E-state index is 14.5. The van der Waals surface area contributed by atoms with Gasteiger partial charge in [-0.1, -0.05) is 69.1 Å². The summed E-state index contributed by atoms with van der Waals surface area (Å²) in [5.74, 6) is -1.41. The normalized spacial score (nSPS) is 16.4. The molecule has 6 nitrogen and oxygen atoms in total. The highest BCUT2D eigenvalue weighted by Gasteiger charge is 2.47. The Kier molecular flexibility index (Phi) is 15.2. The Hall–Kier alpha value is -3.26. The van der Waals surface area contributed by atoms with E-state index in [9.17, 15) is 18.8 Å². The maximum Gasteiger partial charge on any atom is 0.230 e. The Morgan fingerprint density at radius 1 is 0.950 bits per heavy atom. The molecule has 3 aromatic rings. The van der Waals surface area contributed by atoms with Gasteiger partial charge in [-0.05, 0) is 67.9 Å². The van der Waals surface area contributed by atoms with Gasteiger partial charge in [0.25, 0.3) is 0 Å². The summed E-state index contributed by atoms with van der Waals surface area (Å²) >= 11 is 11.9. The summed E-state index contributed by atoms with van der Waals surface area (Å²) in [6.07, 6.45) is 1.35. The fourth-order valence-electron chi connectivity index (χ4n) is 4.22. The standard InChI is InChI=1S/C19H19Cl2FN2O.C8H7NO2.2C2H6/c1-19(2)16(18(25)24-12-6-3-5-11(20)9-12)14(10-23-19)13-7-4-8-15(21)17(13)22;10-5-7-1-3-8(4-2-7)9-6-11;2*1-2/h3-9,14,16,23H,10H2,1-2H3,(H,24,25);1-6H,(H,9,11);2*1-2H3. The first-order chi connectivity index (χ1) is 19.2. The highest BCUT2D eigenvalue weighted by atomic mass is 35.5. The lowest BCUT2D eigenvalue weighted by atomic mass is 9.78. The molecule has 216 valence electrons. The summed E-state index contributed by atoms with van der Waals surface area (Å²) in [4.78, 5) is 33.1. The molecule has 9 heteroatoms. The minimum absolute atomic E-state index is 0.0659. The predicted molar refractivity (Wildman–Crippen MR) is 164 cm³/mol. The molecular weight excluding hydrogens is 552 g/mol. The number of aldehydes is 1. The van der Waals surface area contributed by atoms with Gasteiger partial charge >= 0.3 is 0 Å². The fourth-order valence-corrected chi connectivity index (χ4v) is 4.59. The summed E-state index contributed by atoms with van der Waals surface area (Å²) < 4.78 is 14.5. The number of carbonyl (C=O) groups is 3. The minimum Gasteiger partial charge on any atom is -0.329 e. The van der Waals surface area contributed by atoms with E-state index < -0.39 is 17.3 Å². The van der Waals surface area contributed by atoms with Crippen molar-refractivity contribution in [1.82, 2.24) is 5.32 Å². The number of benzene rings is 3. The smallest absolute Gasteiger partial charge is 0.230 e. The van der Waals surface area contributed by atoms with Gasteiger partial charge in [0.1, 0.15) is 12.1 Å². The highest BCUT2D eigenvalue weighted by molar-refractivity contribution is 6.31. The van der Waals surface area contributed by atoms with Crippen molar-refractivity contribution in [2.75, 3.05) is 17.2 Å². The Morgan fingerprint density at radius 3 is 2.15 bits per heavy atom. The van der Waals surface area contributed by atoms with Crippen LogP contribution in [0.15, 0.2) is 66.7 Å². The summed E-state index contributed by atoms with van der Waals surface area (Å²) in [5, 5.41) is 9.29. The van der Waals surface area contributed by atoms with Crippen molar-refractivity contribution >= 4 is 53.2 Å². The monoisotopic (exact) mass is 589 g/mol. The van der Waals surface area contributed by atoms with Crippen LogP contribution in [0.2, 0.25) is 10.0 Å². The van der Waals surface area contributed by atoms with Gasteiger partial charge in [-0.15, -0.1) is 0 Å². The third kappa shape index (κ3) is 9.73. The molecule has 40 heavy (non-hydrogen) atoms. The SMILES string of the molecule is CC.CC.CC1(C)NCC(c2cccc(Cl)c2F)C1C(=O)Nc1cccc(Cl)c1.O=CNc1ccc(C=O)cc1. The fraction of sp³-hybridized carbons (Fsp3) is 0.323. The second-order valence-electron chi connectivity index (χ2n) is 8.83. The molecule has 1 aliphatic heterocycles. The number of rotatable bonds is 6. The largest absolute Gasteiger partial charge is 0.329 e. The lowest BCUT2D eigenvalue weighted by Crippen LogP contribution is -2.44. The Balaban J connectivity index is 0.000000446. The third-order valence-electron chi connectivity index (χ3n) is 5.99. The van der Waals surface area contributed by atoms with Crippen molar-refractivity contribution in [2.24, 2.45) is 5.92 Å². The number of nitrogens with one attached hydrogen (secondary N) is 3. The molecule has 1 heterocycles. The molecule has 0 bridgehead atoms. The molecule has 1 saturated heterocycles. The molecule has 0 saturated carbocycles. The van der Waals surface area contributed by atoms with Crippen molar-refractivity contribution in [2.45, 2.75) is 53.0 Å². The number of hydrogen-bond acceptors (Lipinski definition) is 4. The van der Waals surface area contributed by atoms with Gasteiger partial charge < -0.3 is 16.0 Å². The van der Waals surface area contributed by atoms with E-state index in [2.05, 4.69) is 16.0 Å². The first-order valence-electron chi connectivity index (χ1n) is 13.2. The average molecular weight is 591 g/mol. The van der Waals surface area contributed by atoms with Gasteiger partial charge in [0.2, 0.25) is 12.3 Å². The van der Waals surface area contributed by atoms with Gasteiger partial charge in [-0.3, -0.25) is 14.4 Å². The predicted octanol–water partition coefficient (Wildman–Crippen LogP) is 7.97. The lowest BCUT2D eigenvalue weighted by Gasteiger charge is -2.29. The Bertz CT molecular complexity index is 1240. The maximum atomic E-state index is 14.5. The molecule has 2 atom stereocenters. The van der Waals surface area contributed by atoms with E-state index in [1.165, 1.54) is 6.07 Å². The van der Waals surface area contributed by atoms with Crippen LogP contribution < -0.4 is 16.0 Å². The van der Waals surface area contributed by atoms with Crippen LogP contribution in [0, 0.1) is 11.7 Å². The van der Waals surface area contributed by atoms with Gasteiger partial charge in [0.05, 0.1) is 10.9 Å². The topological polar surface area (TPSA) is 87.3 Å². The lowest BCUT2D eigenvalue weighted by molar-refractivity contribution is -0.121. The quantitative estimate of drug-likeness (QED) is 0.254. The van der Waals surface area contributed by atoms with Crippen LogP contribution in [-0.2, 0) is 9.59 Å². The molecule has 1 fully saturated rings. The van der Waals surface area contributed by atoms with Crippen molar-refractivity contribution in [1.29, 1.82) is 0 Å². The molecule has 0 spiro atoms. The van der Waals surface area contributed by atoms with Crippen LogP contribution in [0.3, 0.4) is 0 Å². The summed E-state index contributed by atoms with van der Waals surface area (Å²) in [6.45, 7) is 12.4. The van der Waals surface area contributed by atoms with Crippen LogP contribution in [0.4, 0.5) is 15.8 Å². The zero-order valence-electron chi connectivity index (χ0n) is 23.7. The van der Waals surface area contributed by atoms with Crippen molar-refractivity contribution in [3.8, 4) is 0 Å². The molecule has 0 radical (unpaired) electrons. The van der Waals surface area contributed by atoms with Crippen LogP contribution in [0.1, 0.15) is 63.4 Å². The molecule has 3 aromatic carbocycles. The van der Waals surface area contributed by atoms with E-state index in [0.717, 1.165) is 6.29 Å². The zero-order chi connectivity index (χ0) is 30.3. The number of halogens is 3. The molecule has 0 aromatic heterocycles. The van der Waals surface area contributed by atoms with Crippen molar-refractivity contribution < 1.29 is 18.8 Å². The van der Waals surface area contributed by atoms with E-state index in [-0.39, 0.29) is 16.8 Å². The number of hydrogen-bond donors (Lipinski definition) is 3. The second-order valence-corrected chi connectivity index (χ2v) is 9.68.